The Kier molecular flexibility index (Phi) is 6.99. The third kappa shape index (κ3) is 5.19. The predicted octanol–water partition coefficient (Wildman–Crippen LogP) is 3.24. The molecule has 0 radical (unpaired) electrons. The average Bonchev–Trinajstić information content (AvgIpc) is 2.93. The minimum Gasteiger partial charge on any atom is -0.481 e. The molecule has 6 nitrogen and oxygen atoms in total. The number of amides is 2. The van der Waals surface area contributed by atoms with Gasteiger partial charge in [-0.3, -0.25) is 14.4 Å². The Morgan fingerprint density at radius 2 is 1.96 bits per heavy atom. The fourth-order valence-corrected chi connectivity index (χ4v) is 3.93. The highest BCUT2D eigenvalue weighted by Crippen LogP contribution is 2.34. The van der Waals surface area contributed by atoms with E-state index in [9.17, 15) is 14.4 Å². The number of nitrogens with one attached hydrogen (secondary N) is 1. The molecular weight excluding hydrogens is 376 g/mol. The summed E-state index contributed by atoms with van der Waals surface area (Å²) < 4.78 is 0.900. The quantitative estimate of drug-likeness (QED) is 0.717. The predicted molar refractivity (Wildman–Crippen MR) is 103 cm³/mol. The molecular formula is C18H21ClN2O4S. The van der Waals surface area contributed by atoms with Crippen LogP contribution >= 0.6 is 22.9 Å². The molecule has 1 aromatic heterocycles. The molecule has 1 aromatic carbocycles. The lowest BCUT2D eigenvalue weighted by atomic mass is 10.2. The van der Waals surface area contributed by atoms with Gasteiger partial charge < -0.3 is 15.3 Å². The van der Waals surface area contributed by atoms with Gasteiger partial charge in [0.15, 0.2) is 0 Å². The highest BCUT2D eigenvalue weighted by Gasteiger charge is 2.20. The Hall–Kier alpha value is -2.12. The normalized spacial score (nSPS) is 10.9. The Balaban J connectivity index is 2.02. The summed E-state index contributed by atoms with van der Waals surface area (Å²) in [7, 11) is 0. The van der Waals surface area contributed by atoms with Crippen LogP contribution in [0.2, 0.25) is 5.02 Å². The van der Waals surface area contributed by atoms with Crippen molar-refractivity contribution >= 4 is 50.8 Å². The maximum Gasteiger partial charge on any atom is 0.305 e. The van der Waals surface area contributed by atoms with Crippen LogP contribution in [0, 0.1) is 5.92 Å². The Bertz CT molecular complexity index is 819. The minimum absolute atomic E-state index is 0.117. The van der Waals surface area contributed by atoms with Crippen LogP contribution < -0.4 is 5.32 Å². The van der Waals surface area contributed by atoms with Crippen LogP contribution in [-0.2, 0) is 9.59 Å². The first-order valence-electron chi connectivity index (χ1n) is 8.24. The first-order valence-corrected chi connectivity index (χ1v) is 9.43. The molecule has 2 rings (SSSR count). The Morgan fingerprint density at radius 3 is 2.58 bits per heavy atom. The third-order valence-electron chi connectivity index (χ3n) is 3.68. The molecule has 2 amide bonds. The molecule has 0 aliphatic heterocycles. The highest BCUT2D eigenvalue weighted by molar-refractivity contribution is 7.21. The van der Waals surface area contributed by atoms with Gasteiger partial charge in [-0.05, 0) is 12.0 Å². The van der Waals surface area contributed by atoms with Crippen LogP contribution in [0.15, 0.2) is 24.3 Å². The second-order valence-corrected chi connectivity index (χ2v) is 7.73. The number of hydrogen-bond donors (Lipinski definition) is 2. The lowest BCUT2D eigenvalue weighted by Gasteiger charge is -2.24. The van der Waals surface area contributed by atoms with Crippen molar-refractivity contribution in [3.8, 4) is 0 Å². The van der Waals surface area contributed by atoms with Crippen molar-refractivity contribution in [3.05, 3.63) is 34.2 Å². The molecule has 0 saturated heterocycles. The van der Waals surface area contributed by atoms with E-state index in [0.717, 1.165) is 10.1 Å². The van der Waals surface area contributed by atoms with Crippen molar-refractivity contribution < 1.29 is 19.5 Å². The van der Waals surface area contributed by atoms with Gasteiger partial charge in [0, 0.05) is 23.2 Å². The lowest BCUT2D eigenvalue weighted by Crippen LogP contribution is -2.42. The van der Waals surface area contributed by atoms with Gasteiger partial charge in [-0.25, -0.2) is 0 Å². The van der Waals surface area contributed by atoms with Gasteiger partial charge >= 0.3 is 5.97 Å². The van der Waals surface area contributed by atoms with Gasteiger partial charge in [-0.15, -0.1) is 11.3 Å². The van der Waals surface area contributed by atoms with Gasteiger partial charge in [0.1, 0.15) is 4.88 Å². The van der Waals surface area contributed by atoms with Crippen molar-refractivity contribution in [1.29, 1.82) is 0 Å². The van der Waals surface area contributed by atoms with Crippen LogP contribution in [0.25, 0.3) is 10.1 Å². The van der Waals surface area contributed by atoms with Gasteiger partial charge in [-0.2, -0.15) is 0 Å². The number of thiophene rings is 1. The number of rotatable bonds is 8. The molecule has 0 aliphatic rings. The molecule has 0 atom stereocenters. The zero-order valence-electron chi connectivity index (χ0n) is 14.6. The van der Waals surface area contributed by atoms with Gasteiger partial charge in [-0.1, -0.05) is 43.6 Å². The zero-order chi connectivity index (χ0) is 19.3. The maximum atomic E-state index is 12.4. The van der Waals surface area contributed by atoms with E-state index < -0.39 is 11.9 Å². The fraction of sp³-hybridized carbons (Fsp3) is 0.389. The summed E-state index contributed by atoms with van der Waals surface area (Å²) in [4.78, 5) is 37.4. The number of carbonyl (C=O) groups is 3. The van der Waals surface area contributed by atoms with Crippen LogP contribution in [0.1, 0.15) is 29.9 Å². The van der Waals surface area contributed by atoms with Crippen LogP contribution in [-0.4, -0.2) is 47.4 Å². The number of carbonyl (C=O) groups excluding carboxylic acids is 2. The van der Waals surface area contributed by atoms with E-state index in [4.69, 9.17) is 16.7 Å². The SMILES string of the molecule is CC(C)CN(CCC(=O)O)C(=O)CNC(=O)c1sc2ccccc2c1Cl. The van der Waals surface area contributed by atoms with Crippen molar-refractivity contribution in [2.75, 3.05) is 19.6 Å². The van der Waals surface area contributed by atoms with E-state index in [1.807, 2.05) is 38.1 Å². The van der Waals surface area contributed by atoms with E-state index in [-0.39, 0.29) is 31.3 Å². The number of hydrogen-bond acceptors (Lipinski definition) is 4. The van der Waals surface area contributed by atoms with E-state index in [1.165, 1.54) is 16.2 Å². The molecule has 0 bridgehead atoms. The summed E-state index contributed by atoms with van der Waals surface area (Å²) >= 11 is 7.54. The van der Waals surface area contributed by atoms with E-state index >= 15 is 0 Å². The largest absolute Gasteiger partial charge is 0.481 e. The Labute approximate surface area is 160 Å². The van der Waals surface area contributed by atoms with E-state index in [2.05, 4.69) is 5.32 Å². The van der Waals surface area contributed by atoms with Gasteiger partial charge in [0.25, 0.3) is 5.91 Å². The number of fused-ring (bicyclic) bond motifs is 1. The maximum absolute atomic E-state index is 12.4. The number of carboxylic acid groups (broad SMARTS) is 1. The summed E-state index contributed by atoms with van der Waals surface area (Å²) in [5.74, 6) is -1.49. The summed E-state index contributed by atoms with van der Waals surface area (Å²) in [6, 6.07) is 7.43. The number of nitrogens with zero attached hydrogens (tertiary/aromatic N) is 1. The molecule has 2 aromatic rings. The van der Waals surface area contributed by atoms with Gasteiger partial charge in [0.2, 0.25) is 5.91 Å². The van der Waals surface area contributed by atoms with Gasteiger partial charge in [0.05, 0.1) is 18.0 Å². The molecule has 140 valence electrons. The van der Waals surface area contributed by atoms with E-state index in [1.54, 1.807) is 0 Å². The topological polar surface area (TPSA) is 86.7 Å². The minimum atomic E-state index is -0.965. The summed E-state index contributed by atoms with van der Waals surface area (Å²) in [5.41, 5.74) is 0. The highest BCUT2D eigenvalue weighted by atomic mass is 35.5. The number of aliphatic carboxylic acids is 1. The monoisotopic (exact) mass is 396 g/mol. The van der Waals surface area contributed by atoms with Crippen molar-refractivity contribution in [2.45, 2.75) is 20.3 Å². The van der Waals surface area contributed by atoms with Crippen LogP contribution in [0.4, 0.5) is 0 Å². The first kappa shape index (κ1) is 20.2. The van der Waals surface area contributed by atoms with Crippen LogP contribution in [0.5, 0.6) is 0 Å². The molecule has 0 saturated carbocycles. The molecule has 1 heterocycles. The number of halogens is 1. The van der Waals surface area contributed by atoms with Crippen molar-refractivity contribution in [1.82, 2.24) is 10.2 Å². The third-order valence-corrected chi connectivity index (χ3v) is 5.35. The second-order valence-electron chi connectivity index (χ2n) is 6.30. The smallest absolute Gasteiger partial charge is 0.305 e. The molecule has 26 heavy (non-hydrogen) atoms. The molecule has 0 spiro atoms. The van der Waals surface area contributed by atoms with Crippen molar-refractivity contribution in [3.63, 3.8) is 0 Å². The second kappa shape index (κ2) is 9.00. The molecule has 8 heteroatoms. The molecule has 0 unspecified atom stereocenters. The zero-order valence-corrected chi connectivity index (χ0v) is 16.2. The summed E-state index contributed by atoms with van der Waals surface area (Å²) in [6.45, 7) is 4.24. The fourth-order valence-electron chi connectivity index (χ4n) is 2.50. The standard InChI is InChI=1S/C18H21ClN2O4S/c1-11(2)10-21(8-7-15(23)24)14(22)9-20-18(25)17-16(19)12-5-3-4-6-13(12)26-17/h3-6,11H,7-10H2,1-2H3,(H,20,25)(H,23,24). The molecule has 2 N–H and O–H groups in total. The molecule has 0 aliphatic carbocycles. The number of benzene rings is 1. The molecule has 0 fully saturated rings. The first-order chi connectivity index (χ1) is 12.3. The van der Waals surface area contributed by atoms with E-state index in [0.29, 0.717) is 16.4 Å². The number of carboxylic acids is 1. The summed E-state index contributed by atoms with van der Waals surface area (Å²) in [5, 5.41) is 12.6. The summed E-state index contributed by atoms with van der Waals surface area (Å²) in [6.07, 6.45) is -0.130. The lowest BCUT2D eigenvalue weighted by molar-refractivity contribution is -0.138. The van der Waals surface area contributed by atoms with Crippen LogP contribution in [0.3, 0.4) is 0 Å². The average molecular weight is 397 g/mol. The van der Waals surface area contributed by atoms with Crippen molar-refractivity contribution in [2.24, 2.45) is 5.92 Å². The Morgan fingerprint density at radius 1 is 1.27 bits per heavy atom.